The molecule has 0 spiro atoms. The lowest BCUT2D eigenvalue weighted by Gasteiger charge is -2.12. The molecule has 0 bridgehead atoms. The molecule has 0 aliphatic rings. The molecule has 1 aromatic rings. The summed E-state index contributed by atoms with van der Waals surface area (Å²) in [6.45, 7) is 3.58. The molecule has 0 aliphatic carbocycles. The molecule has 116 valence electrons. The van der Waals surface area contributed by atoms with E-state index in [1.165, 1.54) is 0 Å². The van der Waals surface area contributed by atoms with Crippen molar-refractivity contribution in [1.29, 1.82) is 0 Å². The van der Waals surface area contributed by atoms with E-state index in [9.17, 15) is 13.2 Å². The zero-order valence-corrected chi connectivity index (χ0v) is 11.7. The number of hydrogen-bond acceptors (Lipinski definition) is 5. The SMILES string of the molecule is CCNC(CC)Cc1nc(CCOCC(F)(F)F)no1. The van der Waals surface area contributed by atoms with E-state index in [0.717, 1.165) is 13.0 Å². The molecule has 0 saturated heterocycles. The Bertz CT molecular complexity index is 382. The molecule has 1 rings (SSSR count). The van der Waals surface area contributed by atoms with E-state index in [-0.39, 0.29) is 19.1 Å². The van der Waals surface area contributed by atoms with Crippen LogP contribution in [0, 0.1) is 0 Å². The minimum Gasteiger partial charge on any atom is -0.372 e. The number of nitrogens with one attached hydrogen (secondary N) is 1. The van der Waals surface area contributed by atoms with Gasteiger partial charge in [-0.05, 0) is 13.0 Å². The molecule has 1 aromatic heterocycles. The third kappa shape index (κ3) is 6.85. The second-order valence-corrected chi connectivity index (χ2v) is 4.39. The average Bonchev–Trinajstić information content (AvgIpc) is 2.81. The van der Waals surface area contributed by atoms with Crippen LogP contribution in [0.1, 0.15) is 32.0 Å². The summed E-state index contributed by atoms with van der Waals surface area (Å²) < 4.78 is 45.1. The van der Waals surface area contributed by atoms with Gasteiger partial charge in [0.25, 0.3) is 0 Å². The van der Waals surface area contributed by atoms with Crippen molar-refractivity contribution in [2.75, 3.05) is 19.8 Å². The third-order valence-electron chi connectivity index (χ3n) is 2.65. The van der Waals surface area contributed by atoms with Crippen LogP contribution in [0.25, 0.3) is 0 Å². The van der Waals surface area contributed by atoms with Crippen molar-refractivity contribution in [3.05, 3.63) is 11.7 Å². The van der Waals surface area contributed by atoms with Gasteiger partial charge in [0.2, 0.25) is 5.89 Å². The minimum absolute atomic E-state index is 0.0805. The van der Waals surface area contributed by atoms with Crippen LogP contribution in [0.3, 0.4) is 0 Å². The Kier molecular flexibility index (Phi) is 6.94. The van der Waals surface area contributed by atoms with Gasteiger partial charge in [0.1, 0.15) is 6.61 Å². The summed E-state index contributed by atoms with van der Waals surface area (Å²) in [4.78, 5) is 4.14. The topological polar surface area (TPSA) is 60.2 Å². The van der Waals surface area contributed by atoms with Gasteiger partial charge < -0.3 is 14.6 Å². The Morgan fingerprint density at radius 2 is 2.10 bits per heavy atom. The molecule has 1 unspecified atom stereocenters. The highest BCUT2D eigenvalue weighted by atomic mass is 19.4. The first kappa shape index (κ1) is 16.9. The van der Waals surface area contributed by atoms with Gasteiger partial charge in [-0.2, -0.15) is 18.2 Å². The van der Waals surface area contributed by atoms with Crippen LogP contribution in [-0.2, 0) is 17.6 Å². The first-order valence-corrected chi connectivity index (χ1v) is 6.64. The van der Waals surface area contributed by atoms with Gasteiger partial charge >= 0.3 is 6.18 Å². The highest BCUT2D eigenvalue weighted by Gasteiger charge is 2.27. The molecule has 0 amide bonds. The Morgan fingerprint density at radius 3 is 2.70 bits per heavy atom. The molecular formula is C12H20F3N3O2. The quantitative estimate of drug-likeness (QED) is 0.707. The second-order valence-electron chi connectivity index (χ2n) is 4.39. The van der Waals surface area contributed by atoms with Gasteiger partial charge in [-0.25, -0.2) is 0 Å². The molecule has 20 heavy (non-hydrogen) atoms. The summed E-state index contributed by atoms with van der Waals surface area (Å²) in [5.41, 5.74) is 0. The fourth-order valence-electron chi connectivity index (χ4n) is 1.69. The molecule has 1 N–H and O–H groups in total. The van der Waals surface area contributed by atoms with Crippen molar-refractivity contribution in [2.24, 2.45) is 0 Å². The van der Waals surface area contributed by atoms with Crippen LogP contribution < -0.4 is 5.32 Å². The fraction of sp³-hybridized carbons (Fsp3) is 0.833. The maximum atomic E-state index is 11.9. The van der Waals surface area contributed by atoms with Gasteiger partial charge in [0.05, 0.1) is 6.61 Å². The monoisotopic (exact) mass is 295 g/mol. The second kappa shape index (κ2) is 8.21. The predicted molar refractivity (Wildman–Crippen MR) is 66.3 cm³/mol. The standard InChI is InChI=1S/C12H20F3N3O2/c1-3-9(16-4-2)7-11-17-10(18-20-11)5-6-19-8-12(13,14)15/h9,16H,3-8H2,1-2H3. The maximum Gasteiger partial charge on any atom is 0.411 e. The maximum absolute atomic E-state index is 11.9. The summed E-state index contributed by atoms with van der Waals surface area (Å²) in [7, 11) is 0. The van der Waals surface area contributed by atoms with Gasteiger partial charge in [-0.1, -0.05) is 19.0 Å². The van der Waals surface area contributed by atoms with Gasteiger partial charge in [-0.3, -0.25) is 0 Å². The van der Waals surface area contributed by atoms with Crippen LogP contribution in [0.4, 0.5) is 13.2 Å². The first-order chi connectivity index (χ1) is 9.44. The molecule has 8 heteroatoms. The number of rotatable bonds is 9. The zero-order chi connectivity index (χ0) is 15.0. The lowest BCUT2D eigenvalue weighted by Crippen LogP contribution is -2.30. The summed E-state index contributed by atoms with van der Waals surface area (Å²) in [5, 5.41) is 7.00. The number of halogens is 3. The predicted octanol–water partition coefficient (Wildman–Crippen LogP) is 2.12. The zero-order valence-electron chi connectivity index (χ0n) is 11.7. The summed E-state index contributed by atoms with van der Waals surface area (Å²) in [6, 6.07) is 0.259. The summed E-state index contributed by atoms with van der Waals surface area (Å²) in [5.74, 6) is 0.858. The highest BCUT2D eigenvalue weighted by Crippen LogP contribution is 2.14. The number of likely N-dealkylation sites (N-methyl/N-ethyl adjacent to an activating group) is 1. The van der Waals surface area contributed by atoms with E-state index < -0.39 is 12.8 Å². The molecule has 0 saturated carbocycles. The number of ether oxygens (including phenoxy) is 1. The number of nitrogens with zero attached hydrogens (tertiary/aromatic N) is 2. The number of hydrogen-bond donors (Lipinski definition) is 1. The van der Waals surface area contributed by atoms with Crippen LogP contribution in [0.2, 0.25) is 0 Å². The molecule has 0 radical (unpaired) electrons. The molecule has 1 atom stereocenters. The molecule has 0 aromatic carbocycles. The van der Waals surface area contributed by atoms with E-state index in [2.05, 4.69) is 27.1 Å². The van der Waals surface area contributed by atoms with Gasteiger partial charge in [0, 0.05) is 18.9 Å². The van der Waals surface area contributed by atoms with Crippen LogP contribution in [0.5, 0.6) is 0 Å². The lowest BCUT2D eigenvalue weighted by atomic mass is 10.1. The van der Waals surface area contributed by atoms with Crippen molar-refractivity contribution in [2.45, 2.75) is 45.3 Å². The highest BCUT2D eigenvalue weighted by molar-refractivity contribution is 4.89. The molecule has 0 fully saturated rings. The lowest BCUT2D eigenvalue weighted by molar-refractivity contribution is -0.173. The summed E-state index contributed by atoms with van der Waals surface area (Å²) >= 11 is 0. The Morgan fingerprint density at radius 1 is 1.35 bits per heavy atom. The van der Waals surface area contributed by atoms with E-state index in [1.54, 1.807) is 0 Å². The fourth-order valence-corrected chi connectivity index (χ4v) is 1.69. The largest absolute Gasteiger partial charge is 0.411 e. The average molecular weight is 295 g/mol. The van der Waals surface area contributed by atoms with Crippen molar-refractivity contribution in [3.8, 4) is 0 Å². The molecule has 5 nitrogen and oxygen atoms in total. The van der Waals surface area contributed by atoms with E-state index in [1.807, 2.05) is 6.92 Å². The van der Waals surface area contributed by atoms with Crippen molar-refractivity contribution < 1.29 is 22.4 Å². The van der Waals surface area contributed by atoms with Crippen LogP contribution >= 0.6 is 0 Å². The van der Waals surface area contributed by atoms with Crippen molar-refractivity contribution >= 4 is 0 Å². The van der Waals surface area contributed by atoms with Gasteiger partial charge in [0.15, 0.2) is 5.82 Å². The Hall–Kier alpha value is -1.15. The normalized spacial score (nSPS) is 13.7. The smallest absolute Gasteiger partial charge is 0.372 e. The molecule has 0 aliphatic heterocycles. The number of alkyl halides is 3. The van der Waals surface area contributed by atoms with Crippen LogP contribution in [0.15, 0.2) is 4.52 Å². The summed E-state index contributed by atoms with van der Waals surface area (Å²) in [6.07, 6.45) is -2.55. The Labute approximate surface area is 115 Å². The van der Waals surface area contributed by atoms with E-state index in [0.29, 0.717) is 18.1 Å². The van der Waals surface area contributed by atoms with Crippen molar-refractivity contribution in [3.63, 3.8) is 0 Å². The third-order valence-corrected chi connectivity index (χ3v) is 2.65. The van der Waals surface area contributed by atoms with Crippen molar-refractivity contribution in [1.82, 2.24) is 15.5 Å². The first-order valence-electron chi connectivity index (χ1n) is 6.64. The Balaban J connectivity index is 2.32. The van der Waals surface area contributed by atoms with Gasteiger partial charge in [-0.15, -0.1) is 0 Å². The van der Waals surface area contributed by atoms with Crippen LogP contribution in [-0.4, -0.2) is 42.1 Å². The van der Waals surface area contributed by atoms with E-state index in [4.69, 9.17) is 4.52 Å². The minimum atomic E-state index is -4.30. The number of aromatic nitrogens is 2. The molecule has 1 heterocycles. The molecular weight excluding hydrogens is 275 g/mol. The van der Waals surface area contributed by atoms with E-state index >= 15 is 0 Å².